The zero-order valence-electron chi connectivity index (χ0n) is 17.4. The van der Waals surface area contributed by atoms with Crippen molar-refractivity contribution < 1.29 is 19.2 Å². The number of aryl methyl sites for hydroxylation is 1. The zero-order valence-corrected chi connectivity index (χ0v) is 18.1. The molecule has 0 fully saturated rings. The number of hydrazone groups is 1. The molecule has 1 amide bonds. The molecule has 0 aromatic heterocycles. The van der Waals surface area contributed by atoms with Gasteiger partial charge in [0.25, 0.3) is 11.6 Å². The van der Waals surface area contributed by atoms with Crippen molar-refractivity contribution in [3.05, 3.63) is 98.1 Å². The van der Waals surface area contributed by atoms with Gasteiger partial charge < -0.3 is 9.47 Å². The first-order valence-electron chi connectivity index (χ1n) is 9.51. The number of non-ortho nitro benzene ring substituents is 1. The summed E-state index contributed by atoms with van der Waals surface area (Å²) in [4.78, 5) is 22.4. The second kappa shape index (κ2) is 10.4. The van der Waals surface area contributed by atoms with Crippen LogP contribution in [0.5, 0.6) is 11.5 Å². The molecule has 0 aliphatic carbocycles. The van der Waals surface area contributed by atoms with Crippen LogP contribution in [0.2, 0.25) is 5.02 Å². The highest BCUT2D eigenvalue weighted by Gasteiger charge is 2.13. The van der Waals surface area contributed by atoms with Crippen LogP contribution in [-0.2, 0) is 6.61 Å². The number of nitro groups is 1. The summed E-state index contributed by atoms with van der Waals surface area (Å²) in [5, 5.41) is 15.1. The molecule has 32 heavy (non-hydrogen) atoms. The van der Waals surface area contributed by atoms with Crippen LogP contribution in [0.25, 0.3) is 0 Å². The van der Waals surface area contributed by atoms with E-state index in [1.807, 2.05) is 31.2 Å². The Balaban J connectivity index is 1.69. The molecule has 0 unspecified atom stereocenters. The summed E-state index contributed by atoms with van der Waals surface area (Å²) in [5.74, 6) is 0.227. The average molecular weight is 454 g/mol. The molecule has 3 aromatic carbocycles. The monoisotopic (exact) mass is 453 g/mol. The maximum Gasteiger partial charge on any atom is 0.271 e. The Bertz CT molecular complexity index is 1160. The van der Waals surface area contributed by atoms with Gasteiger partial charge in [0, 0.05) is 17.7 Å². The number of halogens is 1. The highest BCUT2D eigenvalue weighted by molar-refractivity contribution is 6.32. The van der Waals surface area contributed by atoms with Crippen molar-refractivity contribution >= 4 is 29.4 Å². The smallest absolute Gasteiger partial charge is 0.271 e. The van der Waals surface area contributed by atoms with Gasteiger partial charge in [-0.15, -0.1) is 0 Å². The number of ether oxygens (including phenoxy) is 2. The normalized spacial score (nSPS) is 10.7. The summed E-state index contributed by atoms with van der Waals surface area (Å²) in [6.45, 7) is 2.33. The van der Waals surface area contributed by atoms with E-state index in [1.54, 1.807) is 12.1 Å². The van der Waals surface area contributed by atoms with Crippen LogP contribution in [0.1, 0.15) is 27.0 Å². The van der Waals surface area contributed by atoms with Gasteiger partial charge in [0.15, 0.2) is 11.5 Å². The molecule has 0 heterocycles. The largest absolute Gasteiger partial charge is 0.493 e. The molecule has 0 radical (unpaired) electrons. The second-order valence-electron chi connectivity index (χ2n) is 6.81. The van der Waals surface area contributed by atoms with Crippen LogP contribution in [0.15, 0.2) is 65.8 Å². The lowest BCUT2D eigenvalue weighted by Gasteiger charge is -2.13. The van der Waals surface area contributed by atoms with E-state index in [-0.39, 0.29) is 11.3 Å². The number of methoxy groups -OCH3 is 1. The summed E-state index contributed by atoms with van der Waals surface area (Å²) >= 11 is 6.37. The predicted octanol–water partition coefficient (Wildman–Crippen LogP) is 4.91. The van der Waals surface area contributed by atoms with Crippen LogP contribution in [0.3, 0.4) is 0 Å². The lowest BCUT2D eigenvalue weighted by Crippen LogP contribution is -2.17. The van der Waals surface area contributed by atoms with Crippen molar-refractivity contribution in [3.8, 4) is 11.5 Å². The molecule has 1 N–H and O–H groups in total. The zero-order chi connectivity index (χ0) is 23.1. The van der Waals surface area contributed by atoms with Gasteiger partial charge in [0.05, 0.1) is 23.3 Å². The fourth-order valence-electron chi connectivity index (χ4n) is 2.78. The molecular formula is C23H20ClN3O5. The van der Waals surface area contributed by atoms with Crippen molar-refractivity contribution in [1.82, 2.24) is 5.43 Å². The summed E-state index contributed by atoms with van der Waals surface area (Å²) in [5.41, 5.74) is 4.98. The average Bonchev–Trinajstić information content (AvgIpc) is 2.79. The number of nitro benzene ring substituents is 1. The maximum absolute atomic E-state index is 12.2. The Kier molecular flexibility index (Phi) is 7.41. The van der Waals surface area contributed by atoms with E-state index in [1.165, 1.54) is 37.6 Å². The van der Waals surface area contributed by atoms with Crippen LogP contribution < -0.4 is 14.9 Å². The van der Waals surface area contributed by atoms with E-state index in [9.17, 15) is 14.9 Å². The number of hydrogen-bond donors (Lipinski definition) is 1. The highest BCUT2D eigenvalue weighted by Crippen LogP contribution is 2.36. The standard InChI is InChI=1S/C23H20ClN3O5/c1-15-6-8-16(9-7-15)14-32-22-20(24)10-17(11-21(22)31-2)13-25-26-23(28)18-4-3-5-19(12-18)27(29)30/h3-13H,14H2,1-2H3,(H,26,28)/b25-13-. The molecule has 0 bridgehead atoms. The lowest BCUT2D eigenvalue weighted by atomic mass is 10.1. The Hall–Kier alpha value is -3.91. The predicted molar refractivity (Wildman–Crippen MR) is 122 cm³/mol. The van der Waals surface area contributed by atoms with Crippen LogP contribution in [0.4, 0.5) is 5.69 Å². The van der Waals surface area contributed by atoms with E-state index in [4.69, 9.17) is 21.1 Å². The fraction of sp³-hybridized carbons (Fsp3) is 0.130. The summed E-state index contributed by atoms with van der Waals surface area (Å²) < 4.78 is 11.2. The Morgan fingerprint density at radius 2 is 1.94 bits per heavy atom. The number of hydrogen-bond acceptors (Lipinski definition) is 6. The van der Waals surface area contributed by atoms with Crippen LogP contribution >= 0.6 is 11.6 Å². The molecule has 0 saturated carbocycles. The SMILES string of the molecule is COc1cc(/C=N\NC(=O)c2cccc([N+](=O)[O-])c2)cc(Cl)c1OCc1ccc(C)cc1. The lowest BCUT2D eigenvalue weighted by molar-refractivity contribution is -0.384. The number of amides is 1. The Morgan fingerprint density at radius 1 is 1.19 bits per heavy atom. The van der Waals surface area contributed by atoms with Crippen molar-refractivity contribution in [2.75, 3.05) is 7.11 Å². The maximum atomic E-state index is 12.2. The number of benzene rings is 3. The Labute approximate surface area is 189 Å². The molecule has 0 aliphatic rings. The van der Waals surface area contributed by atoms with E-state index in [0.29, 0.717) is 28.7 Å². The molecule has 164 valence electrons. The van der Waals surface area contributed by atoms with E-state index < -0.39 is 10.8 Å². The van der Waals surface area contributed by atoms with Gasteiger partial charge in [0.1, 0.15) is 6.61 Å². The molecule has 0 atom stereocenters. The van der Waals surface area contributed by atoms with Crippen molar-refractivity contribution in [3.63, 3.8) is 0 Å². The van der Waals surface area contributed by atoms with Crippen molar-refractivity contribution in [2.45, 2.75) is 13.5 Å². The summed E-state index contributed by atoms with van der Waals surface area (Å²) in [7, 11) is 1.50. The topological polar surface area (TPSA) is 103 Å². The van der Waals surface area contributed by atoms with Gasteiger partial charge in [0.2, 0.25) is 0 Å². The molecular weight excluding hydrogens is 434 g/mol. The van der Waals surface area contributed by atoms with Gasteiger partial charge >= 0.3 is 0 Å². The molecule has 3 rings (SSSR count). The van der Waals surface area contributed by atoms with Crippen molar-refractivity contribution in [1.29, 1.82) is 0 Å². The van der Waals surface area contributed by atoms with Gasteiger partial charge in [-0.3, -0.25) is 14.9 Å². The molecule has 0 spiro atoms. The van der Waals surface area contributed by atoms with Gasteiger partial charge in [-0.1, -0.05) is 47.5 Å². The third-order valence-electron chi connectivity index (χ3n) is 4.45. The summed E-state index contributed by atoms with van der Waals surface area (Å²) in [6.07, 6.45) is 1.38. The molecule has 0 aliphatic heterocycles. The minimum absolute atomic E-state index is 0.117. The molecule has 0 saturated heterocycles. The second-order valence-corrected chi connectivity index (χ2v) is 7.22. The number of carbonyl (C=O) groups excluding carboxylic acids is 1. The first-order valence-corrected chi connectivity index (χ1v) is 9.89. The van der Waals surface area contributed by atoms with Gasteiger partial charge in [-0.05, 0) is 36.2 Å². The number of nitrogens with one attached hydrogen (secondary N) is 1. The molecule has 8 nitrogen and oxygen atoms in total. The fourth-order valence-corrected chi connectivity index (χ4v) is 3.06. The minimum Gasteiger partial charge on any atom is -0.493 e. The third kappa shape index (κ3) is 5.83. The summed E-state index contributed by atoms with van der Waals surface area (Å²) in [6, 6.07) is 16.6. The highest BCUT2D eigenvalue weighted by atomic mass is 35.5. The van der Waals surface area contributed by atoms with Gasteiger partial charge in [-0.2, -0.15) is 5.10 Å². The minimum atomic E-state index is -0.582. The van der Waals surface area contributed by atoms with Gasteiger partial charge in [-0.25, -0.2) is 5.43 Å². The number of rotatable bonds is 8. The van der Waals surface area contributed by atoms with Crippen LogP contribution in [-0.4, -0.2) is 24.2 Å². The third-order valence-corrected chi connectivity index (χ3v) is 4.74. The Morgan fingerprint density at radius 3 is 2.62 bits per heavy atom. The van der Waals surface area contributed by atoms with E-state index in [2.05, 4.69) is 10.5 Å². The van der Waals surface area contributed by atoms with E-state index >= 15 is 0 Å². The molecule has 9 heteroatoms. The molecule has 3 aromatic rings. The first-order chi connectivity index (χ1) is 15.4. The quantitative estimate of drug-likeness (QED) is 0.296. The van der Waals surface area contributed by atoms with E-state index in [0.717, 1.165) is 11.1 Å². The van der Waals surface area contributed by atoms with Crippen molar-refractivity contribution in [2.24, 2.45) is 5.10 Å². The number of carbonyl (C=O) groups is 1. The van der Waals surface area contributed by atoms with Crippen LogP contribution in [0, 0.1) is 17.0 Å². The number of nitrogens with zero attached hydrogens (tertiary/aromatic N) is 2. The first kappa shape index (κ1) is 22.8.